The zero-order valence-electron chi connectivity index (χ0n) is 17.7. The van der Waals surface area contributed by atoms with Crippen molar-refractivity contribution in [1.29, 1.82) is 0 Å². The first-order valence-corrected chi connectivity index (χ1v) is 11.0. The first kappa shape index (κ1) is 20.0. The lowest BCUT2D eigenvalue weighted by Crippen LogP contribution is -2.50. The third-order valence-corrected chi connectivity index (χ3v) is 6.67. The first-order valence-electron chi connectivity index (χ1n) is 11.0. The number of quaternary nitrogens is 1. The summed E-state index contributed by atoms with van der Waals surface area (Å²) in [5.41, 5.74) is 4.96. The molecule has 0 bridgehead atoms. The normalized spacial score (nSPS) is 23.9. The lowest BCUT2D eigenvalue weighted by atomic mass is 9.88. The molecule has 2 aromatic carbocycles. The molecule has 154 valence electrons. The Balaban J connectivity index is 1.22. The number of rotatable bonds is 6. The fourth-order valence-electron chi connectivity index (χ4n) is 4.66. The van der Waals surface area contributed by atoms with Crippen LogP contribution in [-0.2, 0) is 11.2 Å². The number of ether oxygens (including phenoxy) is 1. The van der Waals surface area contributed by atoms with Crippen LogP contribution < -0.4 is 10.1 Å². The molecule has 1 saturated heterocycles. The third kappa shape index (κ3) is 4.99. The minimum atomic E-state index is 0.0983. The molecular weight excluding hydrogens is 360 g/mol. The van der Waals surface area contributed by atoms with Crippen LogP contribution in [0.2, 0.25) is 0 Å². The van der Waals surface area contributed by atoms with E-state index in [2.05, 4.69) is 49.6 Å². The summed E-state index contributed by atoms with van der Waals surface area (Å²) in [6, 6.07) is 15.2. The second-order valence-electron chi connectivity index (χ2n) is 9.04. The highest BCUT2D eigenvalue weighted by atomic mass is 16.5. The van der Waals surface area contributed by atoms with E-state index in [0.29, 0.717) is 12.3 Å². The van der Waals surface area contributed by atoms with Crippen LogP contribution in [0.25, 0.3) is 0 Å². The summed E-state index contributed by atoms with van der Waals surface area (Å²) in [5.74, 6) is 1.66. The number of amides is 1. The number of likely N-dealkylation sites (tertiary alicyclic amines) is 1. The van der Waals surface area contributed by atoms with Crippen molar-refractivity contribution in [2.45, 2.75) is 44.9 Å². The van der Waals surface area contributed by atoms with Gasteiger partial charge in [-0.1, -0.05) is 35.9 Å². The van der Waals surface area contributed by atoms with E-state index < -0.39 is 0 Å². The molecule has 0 unspecified atom stereocenters. The van der Waals surface area contributed by atoms with Gasteiger partial charge in [-0.3, -0.25) is 4.79 Å². The highest BCUT2D eigenvalue weighted by Gasteiger charge is 2.30. The maximum Gasteiger partial charge on any atom is 0.224 e. The van der Waals surface area contributed by atoms with Gasteiger partial charge in [-0.25, -0.2) is 0 Å². The number of carbonyl (C=O) groups is 1. The quantitative estimate of drug-likeness (QED) is 0.572. The Hall–Kier alpha value is -2.33. The molecular formula is C25H33N2O2+. The van der Waals surface area contributed by atoms with Crippen LogP contribution in [0.5, 0.6) is 5.75 Å². The predicted molar refractivity (Wildman–Crippen MR) is 117 cm³/mol. The van der Waals surface area contributed by atoms with Crippen LogP contribution in [0.15, 0.2) is 42.5 Å². The lowest BCUT2D eigenvalue weighted by Gasteiger charge is -2.41. The Morgan fingerprint density at radius 2 is 1.83 bits per heavy atom. The van der Waals surface area contributed by atoms with Crippen LogP contribution in [0, 0.1) is 6.92 Å². The van der Waals surface area contributed by atoms with Crippen LogP contribution in [0.3, 0.4) is 0 Å². The van der Waals surface area contributed by atoms with E-state index in [1.807, 2.05) is 12.1 Å². The number of aryl methyl sites for hydroxylation is 2. The van der Waals surface area contributed by atoms with Crippen LogP contribution in [0.1, 0.15) is 48.3 Å². The summed E-state index contributed by atoms with van der Waals surface area (Å²) in [7, 11) is 2.39. The molecule has 0 aliphatic carbocycles. The second kappa shape index (κ2) is 8.58. The van der Waals surface area contributed by atoms with E-state index in [1.54, 1.807) is 0 Å². The molecule has 1 fully saturated rings. The van der Waals surface area contributed by atoms with Gasteiger partial charge >= 0.3 is 0 Å². The maximum atomic E-state index is 11.6. The third-order valence-electron chi connectivity index (χ3n) is 6.67. The molecule has 0 radical (unpaired) electrons. The topological polar surface area (TPSA) is 38.3 Å². The van der Waals surface area contributed by atoms with Crippen molar-refractivity contribution >= 4 is 11.6 Å². The summed E-state index contributed by atoms with van der Waals surface area (Å²) >= 11 is 0. The van der Waals surface area contributed by atoms with Crippen LogP contribution >= 0.6 is 0 Å². The molecule has 2 aliphatic rings. The molecule has 0 spiro atoms. The summed E-state index contributed by atoms with van der Waals surface area (Å²) in [4.78, 5) is 11.6. The predicted octanol–water partition coefficient (Wildman–Crippen LogP) is 4.67. The smallest absolute Gasteiger partial charge is 0.224 e. The Labute approximate surface area is 174 Å². The number of hydrogen-bond donors (Lipinski definition) is 1. The maximum absolute atomic E-state index is 11.6. The Bertz CT molecular complexity index is 852. The van der Waals surface area contributed by atoms with Gasteiger partial charge in [0, 0.05) is 37.4 Å². The number of piperidine rings is 1. The molecule has 29 heavy (non-hydrogen) atoms. The molecule has 0 aromatic heterocycles. The fourth-order valence-corrected chi connectivity index (χ4v) is 4.66. The highest BCUT2D eigenvalue weighted by molar-refractivity contribution is 5.94. The highest BCUT2D eigenvalue weighted by Crippen LogP contribution is 2.31. The molecule has 2 heterocycles. The summed E-state index contributed by atoms with van der Waals surface area (Å²) < 4.78 is 7.13. The minimum Gasteiger partial charge on any atom is -0.493 e. The van der Waals surface area contributed by atoms with Gasteiger partial charge in [-0.05, 0) is 36.5 Å². The van der Waals surface area contributed by atoms with Crippen molar-refractivity contribution in [3.63, 3.8) is 0 Å². The average Bonchev–Trinajstić information content (AvgIpc) is 2.72. The zero-order chi connectivity index (χ0) is 20.3. The van der Waals surface area contributed by atoms with Gasteiger partial charge in [-0.2, -0.15) is 0 Å². The Morgan fingerprint density at radius 3 is 2.59 bits per heavy atom. The largest absolute Gasteiger partial charge is 0.493 e. The number of anilines is 1. The number of carbonyl (C=O) groups excluding carboxylic acids is 1. The van der Waals surface area contributed by atoms with E-state index in [1.165, 1.54) is 42.6 Å². The molecule has 0 atom stereocenters. The molecule has 1 amide bonds. The van der Waals surface area contributed by atoms with Gasteiger partial charge < -0.3 is 14.5 Å². The zero-order valence-corrected chi connectivity index (χ0v) is 17.7. The van der Waals surface area contributed by atoms with Crippen LogP contribution in [0.4, 0.5) is 5.69 Å². The first-order chi connectivity index (χ1) is 14.0. The van der Waals surface area contributed by atoms with Gasteiger partial charge in [0.05, 0.1) is 33.3 Å². The van der Waals surface area contributed by atoms with Crippen molar-refractivity contribution in [3.8, 4) is 5.75 Å². The number of benzene rings is 2. The van der Waals surface area contributed by atoms with Crippen molar-refractivity contribution in [3.05, 3.63) is 59.2 Å². The van der Waals surface area contributed by atoms with E-state index >= 15 is 0 Å². The molecule has 2 aliphatic heterocycles. The molecule has 1 N–H and O–H groups in total. The molecule has 2 aromatic rings. The fraction of sp³-hybridized carbons (Fsp3) is 0.480. The standard InChI is InChI=1S/C25H32N2O2/c1-19-4-6-20(7-5-19)21-12-15-27(2,16-13-21)14-3-17-29-23-10-8-22-9-11-25(28)26-24(22)18-23/h4-8,10,18,21H,3,9,11-17H2,1-2H3/p+1. The van der Waals surface area contributed by atoms with E-state index in [9.17, 15) is 4.79 Å². The molecule has 4 heteroatoms. The van der Waals surface area contributed by atoms with Gasteiger partial charge in [0.1, 0.15) is 5.75 Å². The summed E-state index contributed by atoms with van der Waals surface area (Å²) in [6.45, 7) is 6.51. The van der Waals surface area contributed by atoms with E-state index in [-0.39, 0.29) is 5.91 Å². The lowest BCUT2D eigenvalue weighted by molar-refractivity contribution is -0.914. The second-order valence-corrected chi connectivity index (χ2v) is 9.04. The number of nitrogens with zero attached hydrogens (tertiary/aromatic N) is 1. The van der Waals surface area contributed by atoms with Gasteiger partial charge in [0.15, 0.2) is 0 Å². The SMILES string of the molecule is Cc1ccc(C2CC[N+](C)(CCCOc3ccc4c(c3)NC(=O)CC4)CC2)cc1. The van der Waals surface area contributed by atoms with Crippen molar-refractivity contribution in [1.82, 2.24) is 0 Å². The average molecular weight is 394 g/mol. The van der Waals surface area contributed by atoms with Gasteiger partial charge in [0.2, 0.25) is 5.91 Å². The summed E-state index contributed by atoms with van der Waals surface area (Å²) in [6.07, 6.45) is 4.99. The molecule has 4 rings (SSSR count). The Morgan fingerprint density at radius 1 is 1.07 bits per heavy atom. The molecule has 4 nitrogen and oxygen atoms in total. The number of nitrogens with one attached hydrogen (secondary N) is 1. The van der Waals surface area contributed by atoms with Gasteiger partial charge in [-0.15, -0.1) is 0 Å². The van der Waals surface area contributed by atoms with E-state index in [0.717, 1.165) is 41.9 Å². The van der Waals surface area contributed by atoms with Crippen molar-refractivity contribution in [2.24, 2.45) is 0 Å². The monoisotopic (exact) mass is 393 g/mol. The van der Waals surface area contributed by atoms with Crippen molar-refractivity contribution in [2.75, 3.05) is 38.6 Å². The van der Waals surface area contributed by atoms with E-state index in [4.69, 9.17) is 4.74 Å². The van der Waals surface area contributed by atoms with Crippen molar-refractivity contribution < 1.29 is 14.0 Å². The van der Waals surface area contributed by atoms with Crippen LogP contribution in [-0.4, -0.2) is 43.7 Å². The Kier molecular flexibility index (Phi) is 5.91. The van der Waals surface area contributed by atoms with Gasteiger partial charge in [0.25, 0.3) is 0 Å². The molecule has 0 saturated carbocycles. The number of fused-ring (bicyclic) bond motifs is 1. The minimum absolute atomic E-state index is 0.0983. The number of hydrogen-bond acceptors (Lipinski definition) is 2. The summed E-state index contributed by atoms with van der Waals surface area (Å²) in [5, 5.41) is 2.95.